The molecule has 0 unspecified atom stereocenters. The zero-order valence-electron chi connectivity index (χ0n) is 17.3. The maximum absolute atomic E-state index is 11.8. The number of nitrogens with two attached hydrogens (primary N) is 1. The third kappa shape index (κ3) is 4.23. The summed E-state index contributed by atoms with van der Waals surface area (Å²) in [6.07, 6.45) is 1.60. The third-order valence-corrected chi connectivity index (χ3v) is 6.26. The number of aliphatic carboxylic acids is 1. The van der Waals surface area contributed by atoms with E-state index in [9.17, 15) is 13.2 Å². The summed E-state index contributed by atoms with van der Waals surface area (Å²) in [4.78, 5) is 15.9. The second-order valence-corrected chi connectivity index (χ2v) is 9.41. The average Bonchev–Trinajstić information content (AvgIpc) is 2.65. The molecule has 0 atom stereocenters. The Morgan fingerprint density at radius 2 is 1.87 bits per heavy atom. The van der Waals surface area contributed by atoms with Crippen molar-refractivity contribution in [1.82, 2.24) is 4.98 Å². The second-order valence-electron chi connectivity index (χ2n) is 7.40. The lowest BCUT2D eigenvalue weighted by Gasteiger charge is -2.17. The number of sulfone groups is 1. The number of carbonyl (C=O) groups is 1. The number of ether oxygens (including phenoxy) is 1. The first-order valence-corrected chi connectivity index (χ1v) is 11.2. The summed E-state index contributed by atoms with van der Waals surface area (Å²) in [5.74, 6) is -0.593. The van der Waals surface area contributed by atoms with E-state index in [1.165, 1.54) is 6.07 Å². The van der Waals surface area contributed by atoms with Crippen LogP contribution >= 0.6 is 0 Å². The highest BCUT2D eigenvalue weighted by Crippen LogP contribution is 2.34. The Balaban J connectivity index is 2.13. The summed E-state index contributed by atoms with van der Waals surface area (Å²) in [5, 5.41) is 9.74. The zero-order valence-corrected chi connectivity index (χ0v) is 18.1. The highest BCUT2D eigenvalue weighted by atomic mass is 32.2. The van der Waals surface area contributed by atoms with Gasteiger partial charge in [0, 0.05) is 29.4 Å². The number of hydrogen-bond donors (Lipinski definition) is 2. The van der Waals surface area contributed by atoms with Gasteiger partial charge in [-0.25, -0.2) is 13.2 Å². The molecule has 8 heteroatoms. The molecule has 0 bridgehead atoms. The van der Waals surface area contributed by atoms with Crippen LogP contribution in [-0.4, -0.2) is 37.3 Å². The molecule has 3 rings (SSSR count). The van der Waals surface area contributed by atoms with E-state index in [1.807, 2.05) is 26.8 Å². The second kappa shape index (κ2) is 7.95. The van der Waals surface area contributed by atoms with Crippen LogP contribution < -0.4 is 10.5 Å². The van der Waals surface area contributed by atoms with Crippen LogP contribution in [0.4, 0.5) is 5.69 Å². The molecule has 1 heterocycles. The number of hydrogen-bond acceptors (Lipinski definition) is 6. The van der Waals surface area contributed by atoms with Gasteiger partial charge in [-0.05, 0) is 61.2 Å². The molecule has 0 aliphatic carbocycles. The van der Waals surface area contributed by atoms with Crippen LogP contribution in [0.2, 0.25) is 0 Å². The largest absolute Gasteiger partial charge is 0.481 e. The van der Waals surface area contributed by atoms with Gasteiger partial charge in [0.15, 0.2) is 16.4 Å². The zero-order chi connectivity index (χ0) is 22.2. The van der Waals surface area contributed by atoms with Crippen LogP contribution in [0.15, 0.2) is 35.2 Å². The van der Waals surface area contributed by atoms with E-state index in [1.54, 1.807) is 18.2 Å². The van der Waals surface area contributed by atoms with Crippen molar-refractivity contribution in [3.8, 4) is 5.75 Å². The van der Waals surface area contributed by atoms with Gasteiger partial charge in [-0.15, -0.1) is 0 Å². The highest BCUT2D eigenvalue weighted by molar-refractivity contribution is 7.90. The molecule has 3 N–H and O–H groups in total. The lowest BCUT2D eigenvalue weighted by Crippen LogP contribution is -2.11. The molecule has 0 aliphatic heterocycles. The molecular formula is C22H24N2O5S. The molecule has 3 aromatic rings. The van der Waals surface area contributed by atoms with Crippen molar-refractivity contribution in [1.29, 1.82) is 0 Å². The summed E-state index contributed by atoms with van der Waals surface area (Å²) >= 11 is 0. The van der Waals surface area contributed by atoms with E-state index < -0.39 is 22.4 Å². The van der Waals surface area contributed by atoms with Gasteiger partial charge in [0.2, 0.25) is 0 Å². The summed E-state index contributed by atoms with van der Waals surface area (Å²) in [5.41, 5.74) is 11.7. The molecule has 2 aromatic carbocycles. The summed E-state index contributed by atoms with van der Waals surface area (Å²) in [6.45, 7) is 5.35. The van der Waals surface area contributed by atoms with Crippen molar-refractivity contribution in [2.45, 2.75) is 32.1 Å². The summed E-state index contributed by atoms with van der Waals surface area (Å²) in [6, 6.07) is 8.34. The quantitative estimate of drug-likeness (QED) is 0.579. The summed E-state index contributed by atoms with van der Waals surface area (Å²) < 4.78 is 29.0. The Morgan fingerprint density at radius 1 is 1.17 bits per heavy atom. The molecule has 0 spiro atoms. The van der Waals surface area contributed by atoms with Crippen LogP contribution in [0.5, 0.6) is 5.75 Å². The number of aromatic nitrogens is 1. The first-order valence-electron chi connectivity index (χ1n) is 9.31. The fourth-order valence-corrected chi connectivity index (χ4v) is 4.17. The van der Waals surface area contributed by atoms with Crippen LogP contribution in [0.1, 0.15) is 27.9 Å². The molecule has 0 saturated carbocycles. The molecule has 0 saturated heterocycles. The maximum atomic E-state index is 11.8. The molecule has 1 aromatic heterocycles. The van der Waals surface area contributed by atoms with Crippen LogP contribution in [0.25, 0.3) is 10.9 Å². The Labute approximate surface area is 175 Å². The van der Waals surface area contributed by atoms with Crippen molar-refractivity contribution >= 4 is 32.4 Å². The van der Waals surface area contributed by atoms with E-state index in [-0.39, 0.29) is 4.90 Å². The lowest BCUT2D eigenvalue weighted by atomic mass is 9.94. The van der Waals surface area contributed by atoms with Crippen molar-refractivity contribution in [3.63, 3.8) is 0 Å². The number of anilines is 1. The predicted octanol–water partition coefficient (Wildman–Crippen LogP) is 3.20. The standard InChI is InChI=1S/C22H24N2O5S/c1-12-5-8-19(29-11-20(25)26)21-13(2)17(14(3)24-22(12)21)9-15-6-7-16(10-18(15)23)30(4,27)28/h5-8,10H,9,11,23H2,1-4H3,(H,25,26). The SMILES string of the molecule is Cc1nc2c(C)ccc(OCC(=O)O)c2c(C)c1Cc1ccc(S(C)(=O)=O)cc1N. The Morgan fingerprint density at radius 3 is 2.47 bits per heavy atom. The number of benzene rings is 2. The van der Waals surface area contributed by atoms with Gasteiger partial charge in [-0.3, -0.25) is 4.98 Å². The van der Waals surface area contributed by atoms with Gasteiger partial charge in [-0.2, -0.15) is 0 Å². The molecule has 0 fully saturated rings. The molecular weight excluding hydrogens is 404 g/mol. The van der Waals surface area contributed by atoms with E-state index >= 15 is 0 Å². The van der Waals surface area contributed by atoms with Gasteiger partial charge in [0.05, 0.1) is 10.4 Å². The van der Waals surface area contributed by atoms with E-state index in [0.29, 0.717) is 17.9 Å². The Bertz CT molecular complexity index is 1270. The van der Waals surface area contributed by atoms with Crippen molar-refractivity contribution < 1.29 is 23.1 Å². The number of nitrogen functional groups attached to an aromatic ring is 1. The van der Waals surface area contributed by atoms with E-state index in [4.69, 9.17) is 20.6 Å². The number of rotatable bonds is 6. The van der Waals surface area contributed by atoms with Gasteiger partial charge < -0.3 is 15.6 Å². The number of nitrogens with zero attached hydrogens (tertiary/aromatic N) is 1. The van der Waals surface area contributed by atoms with Crippen LogP contribution in [-0.2, 0) is 21.1 Å². The van der Waals surface area contributed by atoms with Gasteiger partial charge >= 0.3 is 5.97 Å². The minimum atomic E-state index is -3.34. The Hall–Kier alpha value is -3.13. The first kappa shape index (κ1) is 21.6. The number of carboxylic acid groups (broad SMARTS) is 1. The summed E-state index contributed by atoms with van der Waals surface area (Å²) in [7, 11) is -3.34. The van der Waals surface area contributed by atoms with Crippen molar-refractivity contribution in [2.24, 2.45) is 0 Å². The minimum Gasteiger partial charge on any atom is -0.481 e. The molecule has 30 heavy (non-hydrogen) atoms. The van der Waals surface area contributed by atoms with E-state index in [2.05, 4.69) is 0 Å². The lowest BCUT2D eigenvalue weighted by molar-refractivity contribution is -0.139. The topological polar surface area (TPSA) is 120 Å². The van der Waals surface area contributed by atoms with E-state index in [0.717, 1.165) is 45.1 Å². The van der Waals surface area contributed by atoms with Crippen molar-refractivity contribution in [3.05, 3.63) is 58.3 Å². The predicted molar refractivity (Wildman–Crippen MR) is 116 cm³/mol. The number of carboxylic acids is 1. The van der Waals surface area contributed by atoms with Crippen molar-refractivity contribution in [2.75, 3.05) is 18.6 Å². The maximum Gasteiger partial charge on any atom is 0.341 e. The number of aryl methyl sites for hydroxylation is 3. The molecule has 0 amide bonds. The fraction of sp³-hybridized carbons (Fsp3) is 0.273. The number of pyridine rings is 1. The number of fused-ring (bicyclic) bond motifs is 1. The molecule has 7 nitrogen and oxygen atoms in total. The minimum absolute atomic E-state index is 0.175. The van der Waals surface area contributed by atoms with Gasteiger partial charge in [-0.1, -0.05) is 12.1 Å². The average molecular weight is 429 g/mol. The Kier molecular flexibility index (Phi) is 5.72. The van der Waals surface area contributed by atoms with Crippen LogP contribution in [0.3, 0.4) is 0 Å². The fourth-order valence-electron chi connectivity index (χ4n) is 3.52. The molecule has 0 radical (unpaired) electrons. The van der Waals surface area contributed by atoms with Gasteiger partial charge in [0.1, 0.15) is 5.75 Å². The monoisotopic (exact) mass is 428 g/mol. The smallest absolute Gasteiger partial charge is 0.341 e. The van der Waals surface area contributed by atoms with Crippen LogP contribution in [0, 0.1) is 20.8 Å². The molecule has 158 valence electrons. The van der Waals surface area contributed by atoms with Gasteiger partial charge in [0.25, 0.3) is 0 Å². The first-order chi connectivity index (χ1) is 14.0. The molecule has 0 aliphatic rings. The normalized spacial score (nSPS) is 11.6. The highest BCUT2D eigenvalue weighted by Gasteiger charge is 2.17. The third-order valence-electron chi connectivity index (χ3n) is 5.15.